The number of aryl methyl sites for hydroxylation is 1. The van der Waals surface area contributed by atoms with Gasteiger partial charge in [-0.05, 0) is 97.8 Å². The van der Waals surface area contributed by atoms with Crippen LogP contribution in [0, 0.1) is 17.6 Å². The first-order valence-electron chi connectivity index (χ1n) is 12.8. The maximum absolute atomic E-state index is 13.3. The van der Waals surface area contributed by atoms with Crippen LogP contribution in [-0.4, -0.2) is 59.6 Å². The first-order valence-corrected chi connectivity index (χ1v) is 12.8. The number of aliphatic hydroxyl groups is 1. The summed E-state index contributed by atoms with van der Waals surface area (Å²) in [6.45, 7) is 3.91. The number of carbonyl (C=O) groups is 1. The van der Waals surface area contributed by atoms with Gasteiger partial charge in [0.25, 0.3) is 0 Å². The van der Waals surface area contributed by atoms with Crippen LogP contribution in [0.5, 0.6) is 0 Å². The zero-order valence-corrected chi connectivity index (χ0v) is 20.1. The van der Waals surface area contributed by atoms with E-state index in [1.165, 1.54) is 42.7 Å². The Morgan fingerprint density at radius 1 is 1.03 bits per heavy atom. The molecule has 6 heteroatoms. The highest BCUT2D eigenvalue weighted by atomic mass is 19.1. The van der Waals surface area contributed by atoms with Gasteiger partial charge in [-0.25, -0.2) is 8.78 Å². The molecule has 1 unspecified atom stereocenters. The lowest BCUT2D eigenvalue weighted by Crippen LogP contribution is -2.47. The number of benzene rings is 2. The van der Waals surface area contributed by atoms with Gasteiger partial charge < -0.3 is 14.9 Å². The van der Waals surface area contributed by atoms with Crippen molar-refractivity contribution in [2.24, 2.45) is 5.92 Å². The molecule has 1 amide bonds. The Kier molecular flexibility index (Phi) is 7.03. The monoisotopic (exact) mass is 480 g/mol. The molecule has 4 nitrogen and oxygen atoms in total. The SMILES string of the molecule is O=C(/C=C/c1cc(F)cc(F)c1)N1CCC(C(O)CN2CCC3(CCc4ccccc43)CC2)CC1. The van der Waals surface area contributed by atoms with Crippen LogP contribution >= 0.6 is 0 Å². The molecule has 1 spiro atoms. The van der Waals surface area contributed by atoms with E-state index in [4.69, 9.17) is 0 Å². The highest BCUT2D eigenvalue weighted by Gasteiger charge is 2.41. The quantitative estimate of drug-likeness (QED) is 0.639. The van der Waals surface area contributed by atoms with Gasteiger partial charge in [-0.15, -0.1) is 0 Å². The van der Waals surface area contributed by atoms with E-state index in [2.05, 4.69) is 29.2 Å². The molecule has 2 aliphatic heterocycles. The van der Waals surface area contributed by atoms with Gasteiger partial charge >= 0.3 is 0 Å². The van der Waals surface area contributed by atoms with Crippen LogP contribution in [0.3, 0.4) is 0 Å². The van der Waals surface area contributed by atoms with Crippen molar-refractivity contribution in [3.8, 4) is 0 Å². The Morgan fingerprint density at radius 2 is 1.71 bits per heavy atom. The molecule has 2 saturated heterocycles. The Morgan fingerprint density at radius 3 is 2.43 bits per heavy atom. The Labute approximate surface area is 206 Å². The maximum atomic E-state index is 13.3. The molecule has 2 heterocycles. The van der Waals surface area contributed by atoms with Crippen LogP contribution in [0.4, 0.5) is 8.78 Å². The number of β-amino-alcohol motifs (C(OH)–C–C–N with tert-alkyl or cyclic N) is 1. The predicted octanol–water partition coefficient (Wildman–Crippen LogP) is 4.56. The van der Waals surface area contributed by atoms with Crippen molar-refractivity contribution in [2.75, 3.05) is 32.7 Å². The minimum atomic E-state index is -0.663. The van der Waals surface area contributed by atoms with Gasteiger partial charge in [0.15, 0.2) is 0 Å². The fourth-order valence-electron chi connectivity index (χ4n) is 6.31. The summed E-state index contributed by atoms with van der Waals surface area (Å²) in [5.41, 5.74) is 3.72. The van der Waals surface area contributed by atoms with Crippen molar-refractivity contribution in [1.82, 2.24) is 9.80 Å². The lowest BCUT2D eigenvalue weighted by atomic mass is 9.73. The number of amides is 1. The van der Waals surface area contributed by atoms with E-state index >= 15 is 0 Å². The van der Waals surface area contributed by atoms with Gasteiger partial charge in [-0.2, -0.15) is 0 Å². The summed E-state index contributed by atoms with van der Waals surface area (Å²) in [6.07, 6.45) is 8.71. The summed E-state index contributed by atoms with van der Waals surface area (Å²) in [5, 5.41) is 10.9. The Bertz CT molecular complexity index is 1070. The zero-order chi connectivity index (χ0) is 24.4. The fourth-order valence-corrected chi connectivity index (χ4v) is 6.31. The number of nitrogens with zero attached hydrogens (tertiary/aromatic N) is 2. The van der Waals surface area contributed by atoms with Crippen molar-refractivity contribution < 1.29 is 18.7 Å². The summed E-state index contributed by atoms with van der Waals surface area (Å²) in [5.74, 6) is -1.31. The molecule has 0 bridgehead atoms. The van der Waals surface area contributed by atoms with Gasteiger partial charge in [0.2, 0.25) is 5.91 Å². The lowest BCUT2D eigenvalue weighted by Gasteiger charge is -2.42. The van der Waals surface area contributed by atoms with Crippen molar-refractivity contribution in [3.63, 3.8) is 0 Å². The summed E-state index contributed by atoms with van der Waals surface area (Å²) >= 11 is 0. The first-order chi connectivity index (χ1) is 16.9. The third-order valence-electron chi connectivity index (χ3n) is 8.42. The molecule has 3 aliphatic rings. The van der Waals surface area contributed by atoms with E-state index in [1.807, 2.05) is 0 Å². The number of piperidine rings is 2. The van der Waals surface area contributed by atoms with Crippen molar-refractivity contribution in [3.05, 3.63) is 76.9 Å². The molecule has 1 atom stereocenters. The second-order valence-electron chi connectivity index (χ2n) is 10.5. The fraction of sp³-hybridized carbons (Fsp3) is 0.483. The van der Waals surface area contributed by atoms with E-state index in [1.54, 1.807) is 10.5 Å². The van der Waals surface area contributed by atoms with E-state index < -0.39 is 11.6 Å². The number of likely N-dealkylation sites (tertiary alicyclic amines) is 2. The van der Waals surface area contributed by atoms with Crippen molar-refractivity contribution in [1.29, 1.82) is 0 Å². The van der Waals surface area contributed by atoms with Crippen LogP contribution in [0.2, 0.25) is 0 Å². The Hall–Kier alpha value is -2.57. The molecule has 1 N–H and O–H groups in total. The molecular formula is C29H34F2N2O2. The molecule has 0 radical (unpaired) electrons. The van der Waals surface area contributed by atoms with Gasteiger partial charge in [0.05, 0.1) is 6.10 Å². The first kappa shape index (κ1) is 24.1. The topological polar surface area (TPSA) is 43.8 Å². The predicted molar refractivity (Wildman–Crippen MR) is 133 cm³/mol. The van der Waals surface area contributed by atoms with E-state index in [9.17, 15) is 18.7 Å². The maximum Gasteiger partial charge on any atom is 0.246 e. The van der Waals surface area contributed by atoms with Gasteiger partial charge in [0.1, 0.15) is 11.6 Å². The molecule has 1 aliphatic carbocycles. The smallest absolute Gasteiger partial charge is 0.246 e. The average molecular weight is 481 g/mol. The van der Waals surface area contributed by atoms with Gasteiger partial charge in [0, 0.05) is 31.8 Å². The number of rotatable bonds is 5. The summed E-state index contributed by atoms with van der Waals surface area (Å²) in [7, 11) is 0. The molecule has 2 fully saturated rings. The highest BCUT2D eigenvalue weighted by molar-refractivity contribution is 5.91. The number of aliphatic hydroxyl groups excluding tert-OH is 1. The molecule has 0 aromatic heterocycles. The number of carbonyl (C=O) groups excluding carboxylic acids is 1. The molecule has 2 aromatic rings. The van der Waals surface area contributed by atoms with Crippen LogP contribution in [0.25, 0.3) is 6.08 Å². The molecule has 0 saturated carbocycles. The Balaban J connectivity index is 1.08. The molecule has 2 aromatic carbocycles. The molecule has 186 valence electrons. The van der Waals surface area contributed by atoms with Crippen LogP contribution < -0.4 is 0 Å². The summed E-state index contributed by atoms with van der Waals surface area (Å²) < 4.78 is 26.7. The van der Waals surface area contributed by atoms with Crippen LogP contribution in [0.15, 0.2) is 48.5 Å². The number of fused-ring (bicyclic) bond motifs is 2. The van der Waals surface area contributed by atoms with E-state index in [0.717, 1.165) is 44.8 Å². The lowest BCUT2D eigenvalue weighted by molar-refractivity contribution is -0.128. The zero-order valence-electron chi connectivity index (χ0n) is 20.1. The standard InChI is InChI=1S/C29H34F2N2O2/c30-24-17-21(18-25(31)19-24)5-6-28(35)33-13-8-23(9-14-33)27(34)20-32-15-11-29(12-16-32)10-7-22-3-1-2-4-26(22)29/h1-6,17-19,23,27,34H,7-16,20H2/b6-5+. The normalized spacial score (nSPS) is 21.5. The highest BCUT2D eigenvalue weighted by Crippen LogP contribution is 2.46. The second-order valence-corrected chi connectivity index (χ2v) is 10.5. The van der Waals surface area contributed by atoms with Gasteiger partial charge in [-0.1, -0.05) is 24.3 Å². The van der Waals surface area contributed by atoms with Crippen molar-refractivity contribution in [2.45, 2.75) is 50.0 Å². The molecule has 5 rings (SSSR count). The minimum absolute atomic E-state index is 0.166. The summed E-state index contributed by atoms with van der Waals surface area (Å²) in [4.78, 5) is 16.7. The third kappa shape index (κ3) is 5.34. The molecule has 35 heavy (non-hydrogen) atoms. The van der Waals surface area contributed by atoms with Crippen molar-refractivity contribution >= 4 is 12.0 Å². The van der Waals surface area contributed by atoms with E-state index in [-0.39, 0.29) is 17.9 Å². The van der Waals surface area contributed by atoms with Crippen LogP contribution in [-0.2, 0) is 16.6 Å². The number of hydrogen-bond donors (Lipinski definition) is 1. The minimum Gasteiger partial charge on any atom is -0.392 e. The molecular weight excluding hydrogens is 446 g/mol. The number of hydrogen-bond acceptors (Lipinski definition) is 3. The average Bonchev–Trinajstić information content (AvgIpc) is 3.22. The summed E-state index contributed by atoms with van der Waals surface area (Å²) in [6, 6.07) is 12.1. The third-order valence-corrected chi connectivity index (χ3v) is 8.42. The largest absolute Gasteiger partial charge is 0.392 e. The second kappa shape index (κ2) is 10.2. The van der Waals surface area contributed by atoms with Gasteiger partial charge in [-0.3, -0.25) is 4.79 Å². The van der Waals surface area contributed by atoms with Crippen LogP contribution in [0.1, 0.15) is 48.8 Å². The van der Waals surface area contributed by atoms with E-state index in [0.29, 0.717) is 30.6 Å². The number of halogens is 2.